The average Bonchev–Trinajstić information content (AvgIpc) is 2.40. The molecule has 0 saturated heterocycles. The zero-order chi connectivity index (χ0) is 14.8. The highest BCUT2D eigenvalue weighted by atomic mass is 16.4. The Labute approximate surface area is 120 Å². The first-order valence-corrected chi connectivity index (χ1v) is 7.26. The van der Waals surface area contributed by atoms with Crippen molar-refractivity contribution in [1.29, 1.82) is 0 Å². The molecular formula is C16H25NO3. The van der Waals surface area contributed by atoms with Crippen LogP contribution in [0.3, 0.4) is 0 Å². The van der Waals surface area contributed by atoms with E-state index in [1.54, 1.807) is 0 Å². The maximum Gasteiger partial charge on any atom is 0.307 e. The molecule has 0 spiro atoms. The van der Waals surface area contributed by atoms with E-state index in [1.165, 1.54) is 0 Å². The van der Waals surface area contributed by atoms with E-state index in [-0.39, 0.29) is 13.0 Å². The smallest absolute Gasteiger partial charge is 0.307 e. The van der Waals surface area contributed by atoms with E-state index < -0.39 is 5.97 Å². The first-order chi connectivity index (χ1) is 9.65. The molecule has 0 aromatic heterocycles. The highest BCUT2D eigenvalue weighted by molar-refractivity contribution is 5.70. The van der Waals surface area contributed by atoms with E-state index in [0.717, 1.165) is 43.5 Å². The minimum atomic E-state index is -0.803. The van der Waals surface area contributed by atoms with Crippen molar-refractivity contribution in [3.63, 3.8) is 0 Å². The van der Waals surface area contributed by atoms with Gasteiger partial charge in [-0.2, -0.15) is 0 Å². The van der Waals surface area contributed by atoms with Crippen LogP contribution in [0.25, 0.3) is 0 Å². The standard InChI is InChI=1S/C16H25NO3/c1-2-3-14(8-9-18)11-17-12-15-6-4-13(5-7-15)10-16(19)20/h4-7,14,17-18H,2-3,8-12H2,1H3,(H,19,20). The van der Waals surface area contributed by atoms with Gasteiger partial charge in [-0.15, -0.1) is 0 Å². The zero-order valence-corrected chi connectivity index (χ0v) is 12.1. The summed E-state index contributed by atoms with van der Waals surface area (Å²) in [5, 5.41) is 21.1. The van der Waals surface area contributed by atoms with Crippen LogP contribution in [0.5, 0.6) is 0 Å². The van der Waals surface area contributed by atoms with Crippen LogP contribution in [-0.2, 0) is 17.8 Å². The Hall–Kier alpha value is -1.39. The molecule has 3 N–H and O–H groups in total. The lowest BCUT2D eigenvalue weighted by molar-refractivity contribution is -0.136. The van der Waals surface area contributed by atoms with E-state index in [9.17, 15) is 4.79 Å². The third kappa shape index (κ3) is 6.68. The third-order valence-corrected chi connectivity index (χ3v) is 3.37. The molecule has 0 fully saturated rings. The molecule has 0 bridgehead atoms. The number of aliphatic carboxylic acids is 1. The Morgan fingerprint density at radius 2 is 1.85 bits per heavy atom. The molecule has 1 aromatic rings. The highest BCUT2D eigenvalue weighted by Gasteiger charge is 2.06. The van der Waals surface area contributed by atoms with Crippen LogP contribution in [0.15, 0.2) is 24.3 Å². The lowest BCUT2D eigenvalue weighted by atomic mass is 10.00. The first-order valence-electron chi connectivity index (χ1n) is 7.26. The molecular weight excluding hydrogens is 254 g/mol. The monoisotopic (exact) mass is 279 g/mol. The summed E-state index contributed by atoms with van der Waals surface area (Å²) >= 11 is 0. The van der Waals surface area contributed by atoms with Crippen molar-refractivity contribution in [2.75, 3.05) is 13.2 Å². The quantitative estimate of drug-likeness (QED) is 0.614. The molecule has 0 aliphatic heterocycles. The number of aliphatic hydroxyl groups is 1. The number of carbonyl (C=O) groups is 1. The van der Waals surface area contributed by atoms with E-state index in [1.807, 2.05) is 24.3 Å². The van der Waals surface area contributed by atoms with Crippen LogP contribution in [-0.4, -0.2) is 29.3 Å². The van der Waals surface area contributed by atoms with Crippen molar-refractivity contribution in [3.05, 3.63) is 35.4 Å². The molecule has 0 radical (unpaired) electrons. The SMILES string of the molecule is CCCC(CCO)CNCc1ccc(CC(=O)O)cc1. The lowest BCUT2D eigenvalue weighted by Crippen LogP contribution is -2.23. The number of aliphatic hydroxyl groups excluding tert-OH is 1. The Balaban J connectivity index is 2.35. The minimum absolute atomic E-state index is 0.0722. The maximum atomic E-state index is 10.6. The van der Waals surface area contributed by atoms with Gasteiger partial charge < -0.3 is 15.5 Å². The summed E-state index contributed by atoms with van der Waals surface area (Å²) in [6.45, 7) is 4.09. The van der Waals surface area contributed by atoms with Gasteiger partial charge in [0, 0.05) is 13.2 Å². The van der Waals surface area contributed by atoms with Gasteiger partial charge in [-0.1, -0.05) is 37.6 Å². The van der Waals surface area contributed by atoms with Crippen molar-refractivity contribution in [2.45, 2.75) is 39.2 Å². The molecule has 1 atom stereocenters. The van der Waals surface area contributed by atoms with Gasteiger partial charge in [0.25, 0.3) is 0 Å². The zero-order valence-electron chi connectivity index (χ0n) is 12.1. The van der Waals surface area contributed by atoms with Gasteiger partial charge in [-0.25, -0.2) is 0 Å². The van der Waals surface area contributed by atoms with Crippen LogP contribution < -0.4 is 5.32 Å². The fourth-order valence-electron chi connectivity index (χ4n) is 2.31. The second-order valence-corrected chi connectivity index (χ2v) is 5.18. The largest absolute Gasteiger partial charge is 0.481 e. The minimum Gasteiger partial charge on any atom is -0.481 e. The highest BCUT2D eigenvalue weighted by Crippen LogP contribution is 2.10. The summed E-state index contributed by atoms with van der Waals surface area (Å²) in [6.07, 6.45) is 3.18. The van der Waals surface area contributed by atoms with Crippen LogP contribution >= 0.6 is 0 Å². The van der Waals surface area contributed by atoms with E-state index >= 15 is 0 Å². The predicted octanol–water partition coefficient (Wildman–Crippen LogP) is 2.20. The molecule has 20 heavy (non-hydrogen) atoms. The molecule has 0 heterocycles. The molecule has 4 nitrogen and oxygen atoms in total. The summed E-state index contributed by atoms with van der Waals surface area (Å²) in [5.74, 6) is -0.279. The molecule has 1 unspecified atom stereocenters. The molecule has 112 valence electrons. The first kappa shape index (κ1) is 16.7. The van der Waals surface area contributed by atoms with Crippen molar-refractivity contribution < 1.29 is 15.0 Å². The summed E-state index contributed by atoms with van der Waals surface area (Å²) in [6, 6.07) is 7.66. The molecule has 4 heteroatoms. The van der Waals surface area contributed by atoms with E-state index in [0.29, 0.717) is 5.92 Å². The number of nitrogens with one attached hydrogen (secondary N) is 1. The second-order valence-electron chi connectivity index (χ2n) is 5.18. The van der Waals surface area contributed by atoms with Crippen molar-refractivity contribution in [2.24, 2.45) is 5.92 Å². The molecule has 0 aliphatic carbocycles. The fraction of sp³-hybridized carbons (Fsp3) is 0.562. The molecule has 1 rings (SSSR count). The van der Waals surface area contributed by atoms with Crippen molar-refractivity contribution in [3.8, 4) is 0 Å². The van der Waals surface area contributed by atoms with Gasteiger partial charge in [0.05, 0.1) is 6.42 Å². The van der Waals surface area contributed by atoms with Crippen LogP contribution in [0.1, 0.15) is 37.3 Å². The molecule has 0 aliphatic rings. The number of carboxylic acid groups (broad SMARTS) is 1. The summed E-state index contributed by atoms with van der Waals surface area (Å²) in [7, 11) is 0. The van der Waals surface area contributed by atoms with Gasteiger partial charge in [-0.3, -0.25) is 4.79 Å². The molecule has 1 aromatic carbocycles. The number of rotatable bonds is 10. The normalized spacial score (nSPS) is 12.3. The third-order valence-electron chi connectivity index (χ3n) is 3.37. The topological polar surface area (TPSA) is 69.6 Å². The van der Waals surface area contributed by atoms with Gasteiger partial charge in [0.2, 0.25) is 0 Å². The maximum absolute atomic E-state index is 10.6. The van der Waals surface area contributed by atoms with Gasteiger partial charge in [-0.05, 0) is 36.4 Å². The van der Waals surface area contributed by atoms with E-state index in [2.05, 4.69) is 12.2 Å². The summed E-state index contributed by atoms with van der Waals surface area (Å²) < 4.78 is 0. The second kappa shape index (κ2) is 9.50. The summed E-state index contributed by atoms with van der Waals surface area (Å²) in [4.78, 5) is 10.6. The Morgan fingerprint density at radius 3 is 2.40 bits per heavy atom. The molecule has 0 amide bonds. The van der Waals surface area contributed by atoms with Gasteiger partial charge >= 0.3 is 5.97 Å². The van der Waals surface area contributed by atoms with Crippen LogP contribution in [0.2, 0.25) is 0 Å². The fourth-order valence-corrected chi connectivity index (χ4v) is 2.31. The number of carboxylic acids is 1. The predicted molar refractivity (Wildman–Crippen MR) is 79.6 cm³/mol. The van der Waals surface area contributed by atoms with Crippen LogP contribution in [0.4, 0.5) is 0 Å². The Bertz CT molecular complexity index is 383. The van der Waals surface area contributed by atoms with Gasteiger partial charge in [0.1, 0.15) is 0 Å². The number of benzene rings is 1. The number of hydrogen-bond donors (Lipinski definition) is 3. The summed E-state index contributed by atoms with van der Waals surface area (Å²) in [5.41, 5.74) is 1.98. The number of hydrogen-bond acceptors (Lipinski definition) is 3. The average molecular weight is 279 g/mol. The Morgan fingerprint density at radius 1 is 1.20 bits per heavy atom. The van der Waals surface area contributed by atoms with Crippen LogP contribution in [0, 0.1) is 5.92 Å². The van der Waals surface area contributed by atoms with Crippen molar-refractivity contribution >= 4 is 5.97 Å². The van der Waals surface area contributed by atoms with E-state index in [4.69, 9.17) is 10.2 Å². The molecule has 0 saturated carbocycles. The Kier molecular flexibility index (Phi) is 7.92. The lowest BCUT2D eigenvalue weighted by Gasteiger charge is -2.15. The van der Waals surface area contributed by atoms with Gasteiger partial charge in [0.15, 0.2) is 0 Å². The van der Waals surface area contributed by atoms with Crippen molar-refractivity contribution in [1.82, 2.24) is 5.32 Å².